The van der Waals surface area contributed by atoms with Crippen molar-refractivity contribution in [2.24, 2.45) is 10.7 Å². The number of aryl methyl sites for hydroxylation is 1. The molecule has 2 aromatic rings. The monoisotopic (exact) mass is 387 g/mol. The summed E-state index contributed by atoms with van der Waals surface area (Å²) in [5, 5.41) is 13.3. The highest BCUT2D eigenvalue weighted by Gasteiger charge is 2.36. The van der Waals surface area contributed by atoms with Gasteiger partial charge in [-0.3, -0.25) is 19.3 Å². The molecule has 2 heterocycles. The number of anilines is 1. The number of hydrogen-bond donors (Lipinski definition) is 3. The van der Waals surface area contributed by atoms with Gasteiger partial charge in [0.1, 0.15) is 0 Å². The quantitative estimate of drug-likeness (QED) is 0.672. The maximum Gasteiger partial charge on any atom is 0.294 e. The lowest BCUT2D eigenvalue weighted by molar-refractivity contribution is -0.128. The number of benzene rings is 1. The Bertz CT molecular complexity index is 923. The van der Waals surface area contributed by atoms with E-state index in [9.17, 15) is 9.59 Å². The second-order valence-corrected chi connectivity index (χ2v) is 6.35. The minimum absolute atomic E-state index is 0.110. The van der Waals surface area contributed by atoms with Gasteiger partial charge in [-0.2, -0.15) is 0 Å². The summed E-state index contributed by atoms with van der Waals surface area (Å²) in [5.41, 5.74) is 7.04. The van der Waals surface area contributed by atoms with Gasteiger partial charge in [-0.1, -0.05) is 17.3 Å². The molecule has 0 fully saturated rings. The molecular weight excluding hydrogens is 366 g/mol. The average Bonchev–Trinajstić information content (AvgIpc) is 3.07. The van der Waals surface area contributed by atoms with Crippen LogP contribution in [0.1, 0.15) is 35.2 Å². The highest BCUT2D eigenvalue weighted by Crippen LogP contribution is 2.34. The van der Waals surface area contributed by atoms with E-state index in [1.165, 1.54) is 4.90 Å². The molecule has 2 amide bonds. The Morgan fingerprint density at radius 2 is 2.11 bits per heavy atom. The van der Waals surface area contributed by atoms with Gasteiger partial charge < -0.3 is 20.7 Å². The Morgan fingerprint density at radius 1 is 1.43 bits per heavy atom. The molecule has 0 saturated carbocycles. The smallest absolute Gasteiger partial charge is 0.294 e. The Morgan fingerprint density at radius 3 is 2.68 bits per heavy atom. The number of nitrogens with one attached hydrogen (secondary N) is 1. The number of aliphatic imine (C=N–C) groups is 1. The fourth-order valence-corrected chi connectivity index (χ4v) is 2.67. The Balaban J connectivity index is 0.000000878. The number of rotatable bonds is 3. The van der Waals surface area contributed by atoms with Crippen LogP contribution in [-0.2, 0) is 15.1 Å². The summed E-state index contributed by atoms with van der Waals surface area (Å²) in [5.74, 6) is -0.205. The van der Waals surface area contributed by atoms with Crippen LogP contribution in [0.5, 0.6) is 0 Å². The minimum Gasteiger partial charge on any atom is -0.483 e. The molecule has 0 aliphatic carbocycles. The van der Waals surface area contributed by atoms with E-state index in [0.717, 1.165) is 5.56 Å². The van der Waals surface area contributed by atoms with Crippen LogP contribution in [-0.4, -0.2) is 46.5 Å². The van der Waals surface area contributed by atoms with E-state index in [4.69, 9.17) is 20.2 Å². The van der Waals surface area contributed by atoms with Gasteiger partial charge >= 0.3 is 0 Å². The zero-order chi connectivity index (χ0) is 20.9. The van der Waals surface area contributed by atoms with Gasteiger partial charge in [0, 0.05) is 18.8 Å². The second kappa shape index (κ2) is 8.33. The van der Waals surface area contributed by atoms with Crippen molar-refractivity contribution in [1.29, 1.82) is 0 Å². The predicted molar refractivity (Wildman–Crippen MR) is 101 cm³/mol. The standard InChI is InChI=1S/C17H19N5O3.CH2O2/c1-10-7-13(25-21-10)15(24)19-12-6-4-5-11(8-12)17(2)9-14(23)22(3)16(18)20-17;2-1-3/h4-8H,9H2,1-3H3,(H2,18,20)(H,19,24);1H,(H,2,3)/t17-;/m0./s1. The van der Waals surface area contributed by atoms with E-state index in [0.29, 0.717) is 11.4 Å². The number of amides is 2. The third-order valence-corrected chi connectivity index (χ3v) is 4.17. The molecule has 0 radical (unpaired) electrons. The van der Waals surface area contributed by atoms with Gasteiger partial charge in [-0.15, -0.1) is 0 Å². The van der Waals surface area contributed by atoms with Crippen LogP contribution in [0.3, 0.4) is 0 Å². The highest BCUT2D eigenvalue weighted by molar-refractivity contribution is 6.02. The molecule has 0 bridgehead atoms. The molecule has 1 atom stereocenters. The fraction of sp³-hybridized carbons (Fsp3) is 0.278. The van der Waals surface area contributed by atoms with Gasteiger partial charge in [0.2, 0.25) is 11.7 Å². The number of hydrogen-bond acceptors (Lipinski definition) is 7. The van der Waals surface area contributed by atoms with E-state index in [1.54, 1.807) is 38.2 Å². The van der Waals surface area contributed by atoms with Crippen molar-refractivity contribution in [2.45, 2.75) is 25.8 Å². The van der Waals surface area contributed by atoms with Gasteiger partial charge in [0.15, 0.2) is 5.96 Å². The first-order valence-corrected chi connectivity index (χ1v) is 8.25. The summed E-state index contributed by atoms with van der Waals surface area (Å²) in [6, 6.07) is 8.72. The SMILES string of the molecule is Cc1cc(C(=O)Nc2cccc([C@]3(C)CC(=O)N(C)C(N)=N3)c2)on1.O=CO. The number of guanidine groups is 1. The molecule has 148 valence electrons. The molecule has 0 unspecified atom stereocenters. The second-order valence-electron chi connectivity index (χ2n) is 6.35. The van der Waals surface area contributed by atoms with Crippen LogP contribution in [0.4, 0.5) is 5.69 Å². The molecule has 10 nitrogen and oxygen atoms in total. The van der Waals surface area contributed by atoms with Crippen molar-refractivity contribution >= 4 is 29.9 Å². The van der Waals surface area contributed by atoms with Gasteiger partial charge in [-0.05, 0) is 31.5 Å². The first-order chi connectivity index (χ1) is 13.2. The third-order valence-electron chi connectivity index (χ3n) is 4.17. The van der Waals surface area contributed by atoms with E-state index < -0.39 is 11.4 Å². The van der Waals surface area contributed by atoms with E-state index in [1.807, 2.05) is 13.0 Å². The molecule has 0 saturated heterocycles. The zero-order valence-electron chi connectivity index (χ0n) is 15.7. The Kier molecular flexibility index (Phi) is 6.14. The highest BCUT2D eigenvalue weighted by atomic mass is 16.5. The number of nitrogens with two attached hydrogens (primary N) is 1. The molecule has 4 N–H and O–H groups in total. The number of carbonyl (C=O) groups excluding carboxylic acids is 2. The first-order valence-electron chi connectivity index (χ1n) is 8.25. The molecule has 10 heteroatoms. The van der Waals surface area contributed by atoms with Crippen LogP contribution in [0.2, 0.25) is 0 Å². The van der Waals surface area contributed by atoms with Crippen LogP contribution in [0.25, 0.3) is 0 Å². The van der Waals surface area contributed by atoms with Crippen molar-refractivity contribution in [1.82, 2.24) is 10.1 Å². The van der Waals surface area contributed by atoms with Crippen molar-refractivity contribution < 1.29 is 24.0 Å². The number of carboxylic acid groups (broad SMARTS) is 1. The molecular formula is C18H21N5O5. The van der Waals surface area contributed by atoms with Crippen molar-refractivity contribution in [3.05, 3.63) is 47.3 Å². The van der Waals surface area contributed by atoms with Crippen molar-refractivity contribution in [3.8, 4) is 0 Å². The maximum atomic E-state index is 12.2. The van der Waals surface area contributed by atoms with Crippen LogP contribution in [0.15, 0.2) is 39.8 Å². The summed E-state index contributed by atoms with van der Waals surface area (Å²) in [6.07, 6.45) is 0.197. The minimum atomic E-state index is -0.781. The predicted octanol–water partition coefficient (Wildman–Crippen LogP) is 1.33. The maximum absolute atomic E-state index is 12.2. The lowest BCUT2D eigenvalue weighted by atomic mass is 9.87. The molecule has 1 aliphatic heterocycles. The van der Waals surface area contributed by atoms with Crippen molar-refractivity contribution in [3.63, 3.8) is 0 Å². The Labute approximate surface area is 161 Å². The van der Waals surface area contributed by atoms with Gasteiger partial charge in [0.05, 0.1) is 17.7 Å². The molecule has 3 rings (SSSR count). The topological polar surface area (TPSA) is 151 Å². The summed E-state index contributed by atoms with van der Waals surface area (Å²) < 4.78 is 4.95. The summed E-state index contributed by atoms with van der Waals surface area (Å²) in [7, 11) is 1.59. The Hall–Kier alpha value is -3.69. The third kappa shape index (κ3) is 4.53. The van der Waals surface area contributed by atoms with E-state index in [2.05, 4.69) is 15.5 Å². The number of nitrogens with zero attached hydrogens (tertiary/aromatic N) is 3. The van der Waals surface area contributed by atoms with E-state index in [-0.39, 0.29) is 30.5 Å². The number of carbonyl (C=O) groups is 3. The van der Waals surface area contributed by atoms with Crippen molar-refractivity contribution in [2.75, 3.05) is 12.4 Å². The van der Waals surface area contributed by atoms with Gasteiger partial charge in [0.25, 0.3) is 12.4 Å². The molecule has 1 aromatic carbocycles. The zero-order valence-corrected chi connectivity index (χ0v) is 15.7. The lowest BCUT2D eigenvalue weighted by Crippen LogP contribution is -2.47. The van der Waals surface area contributed by atoms with E-state index >= 15 is 0 Å². The van der Waals surface area contributed by atoms with Crippen LogP contribution >= 0.6 is 0 Å². The normalized spacial score (nSPS) is 18.6. The summed E-state index contributed by atoms with van der Waals surface area (Å²) in [6.45, 7) is 3.33. The van der Waals surface area contributed by atoms with Crippen LogP contribution < -0.4 is 11.1 Å². The molecule has 28 heavy (non-hydrogen) atoms. The number of aromatic nitrogens is 1. The average molecular weight is 387 g/mol. The molecule has 1 aliphatic rings. The molecule has 1 aromatic heterocycles. The fourth-order valence-electron chi connectivity index (χ4n) is 2.67. The summed E-state index contributed by atoms with van der Waals surface area (Å²) >= 11 is 0. The summed E-state index contributed by atoms with van der Waals surface area (Å²) in [4.78, 5) is 38.5. The van der Waals surface area contributed by atoms with Gasteiger partial charge in [-0.25, -0.2) is 4.99 Å². The molecule has 0 spiro atoms. The lowest BCUT2D eigenvalue weighted by Gasteiger charge is -2.33. The first kappa shape index (κ1) is 20.6. The van der Waals surface area contributed by atoms with Crippen LogP contribution in [0, 0.1) is 6.92 Å². The largest absolute Gasteiger partial charge is 0.483 e.